The zero-order chi connectivity index (χ0) is 8.65. The molecule has 0 N–H and O–H groups in total. The minimum absolute atomic E-state index is 0.595. The van der Waals surface area contributed by atoms with Crippen LogP contribution in [0.3, 0.4) is 0 Å². The molecule has 1 aromatic carbocycles. The lowest BCUT2D eigenvalue weighted by atomic mass is 10.4. The third kappa shape index (κ3) is 3.37. The molecule has 1 rings (SSSR count). The van der Waals surface area contributed by atoms with Gasteiger partial charge in [0.15, 0.2) is 0 Å². The van der Waals surface area contributed by atoms with E-state index in [4.69, 9.17) is 4.84 Å². The van der Waals surface area contributed by atoms with E-state index >= 15 is 0 Å². The molecule has 0 radical (unpaired) electrons. The zero-order valence-corrected chi connectivity index (χ0v) is 7.79. The largest absolute Gasteiger partial charge is 0.389 e. The minimum Gasteiger partial charge on any atom is -0.389 e. The van der Waals surface area contributed by atoms with Gasteiger partial charge in [0.05, 0.1) is 5.16 Å². The van der Waals surface area contributed by atoms with E-state index in [9.17, 15) is 0 Å². The van der Waals surface area contributed by atoms with Crippen molar-refractivity contribution in [3.63, 3.8) is 0 Å². The normalized spacial score (nSPS) is 8.75. The van der Waals surface area contributed by atoms with Crippen LogP contribution in [0.1, 0.15) is 6.92 Å². The van der Waals surface area contributed by atoms with Crippen molar-refractivity contribution in [3.8, 4) is 0 Å². The van der Waals surface area contributed by atoms with Crippen molar-refractivity contribution < 1.29 is 4.84 Å². The fraction of sp³-hybridized carbons (Fsp3) is 0.222. The Kier molecular flexibility index (Phi) is 4.21. The first-order valence-corrected chi connectivity index (χ1v) is 4.65. The van der Waals surface area contributed by atoms with Crippen LogP contribution < -0.4 is 0 Å². The molecule has 0 amide bonds. The van der Waals surface area contributed by atoms with Crippen molar-refractivity contribution in [2.24, 2.45) is 5.16 Å². The van der Waals surface area contributed by atoms with Gasteiger partial charge in [-0.15, -0.1) is 11.4 Å². The van der Waals surface area contributed by atoms with E-state index < -0.39 is 0 Å². The molecule has 0 saturated heterocycles. The number of rotatable bonds is 3. The Morgan fingerprint density at radius 1 is 1.42 bits per heavy atom. The summed E-state index contributed by atoms with van der Waals surface area (Å²) in [6.07, 6.45) is 0. The third-order valence-electron chi connectivity index (χ3n) is 1.17. The molecule has 0 fully saturated rings. The summed E-state index contributed by atoms with van der Waals surface area (Å²) in [5.74, 6) is 0. The van der Waals surface area contributed by atoms with Gasteiger partial charge in [0.1, 0.15) is 6.61 Å². The summed E-state index contributed by atoms with van der Waals surface area (Å²) in [5, 5.41) is 6.40. The van der Waals surface area contributed by atoms with Crippen LogP contribution in [0.2, 0.25) is 0 Å². The maximum absolute atomic E-state index is 4.76. The maximum Gasteiger partial charge on any atom is 0.115 e. The maximum atomic E-state index is 4.76. The summed E-state index contributed by atoms with van der Waals surface area (Å²) in [7, 11) is 0. The molecule has 12 heavy (non-hydrogen) atoms. The molecule has 3 heteroatoms. The monoisotopic (exact) mass is 181 g/mol. The first-order valence-electron chi connectivity index (χ1n) is 3.76. The fourth-order valence-corrected chi connectivity index (χ4v) is 1.21. The summed E-state index contributed by atoms with van der Waals surface area (Å²) in [6.45, 7) is 2.49. The van der Waals surface area contributed by atoms with Crippen LogP contribution in [-0.4, -0.2) is 11.8 Å². The first kappa shape index (κ1) is 9.04. The minimum atomic E-state index is 0.595. The molecule has 0 heterocycles. The summed E-state index contributed by atoms with van der Waals surface area (Å²) < 4.78 is 0. The molecule has 0 aliphatic heterocycles. The molecule has 0 aromatic heterocycles. The summed E-state index contributed by atoms with van der Waals surface area (Å²) >= 11 is 0.946. The van der Waals surface area contributed by atoms with Crippen molar-refractivity contribution in [2.45, 2.75) is 11.8 Å². The third-order valence-corrected chi connectivity index (χ3v) is 1.91. The summed E-state index contributed by atoms with van der Waals surface area (Å²) in [5.41, 5.74) is 0. The van der Waals surface area contributed by atoms with Crippen LogP contribution in [0.25, 0.3) is 0 Å². The van der Waals surface area contributed by atoms with Gasteiger partial charge in [-0.25, -0.2) is 0 Å². The van der Waals surface area contributed by atoms with Gasteiger partial charge in [-0.05, 0) is 24.2 Å². The number of thiol groups is 1. The number of isothiocyanates is 1. The Morgan fingerprint density at radius 2 is 2.17 bits per heavy atom. The first-order chi connectivity index (χ1) is 5.93. The van der Waals surface area contributed by atoms with Crippen LogP contribution in [0, 0.1) is 0 Å². The molecule has 64 valence electrons. The average Bonchev–Trinajstić information content (AvgIpc) is 2.14. The van der Waals surface area contributed by atoms with Gasteiger partial charge in [-0.2, -0.15) is 0 Å². The summed E-state index contributed by atoms with van der Waals surface area (Å²) in [6, 6.07) is 10.0. The molecule has 1 aromatic rings. The predicted molar refractivity (Wildman–Crippen MR) is 52.8 cm³/mol. The lowest BCUT2D eigenvalue weighted by molar-refractivity contribution is 0.161. The molecule has 2 nitrogen and oxygen atoms in total. The van der Waals surface area contributed by atoms with Crippen molar-refractivity contribution in [2.75, 3.05) is 6.61 Å². The quantitative estimate of drug-likeness (QED) is 0.329. The molecule has 0 saturated carbocycles. The van der Waals surface area contributed by atoms with E-state index in [0.717, 1.165) is 11.4 Å². The predicted octanol–water partition coefficient (Wildman–Crippen LogP) is 2.37. The highest BCUT2D eigenvalue weighted by Crippen LogP contribution is 2.06. The van der Waals surface area contributed by atoms with Gasteiger partial charge in [-0.1, -0.05) is 18.2 Å². The number of nitrogens with zero attached hydrogens (tertiary/aromatic N) is 1. The Balaban J connectivity index is 2.57. The number of hydrogen-bond acceptors (Lipinski definition) is 2. The second kappa shape index (κ2) is 5.58. The fourth-order valence-electron chi connectivity index (χ4n) is 0.674. The van der Waals surface area contributed by atoms with Crippen molar-refractivity contribution in [3.05, 3.63) is 30.3 Å². The molecule has 0 spiro atoms. The van der Waals surface area contributed by atoms with E-state index in [1.807, 2.05) is 37.3 Å². The number of benzene rings is 1. The topological polar surface area (TPSA) is 21.6 Å². The molecular weight excluding hydrogens is 170 g/mol. The van der Waals surface area contributed by atoms with Gasteiger partial charge in [0.25, 0.3) is 0 Å². The highest BCUT2D eigenvalue weighted by Gasteiger charge is 1.78. The van der Waals surface area contributed by atoms with Crippen LogP contribution >= 0.6 is 11.4 Å². The van der Waals surface area contributed by atoms with Crippen molar-refractivity contribution >= 4 is 16.5 Å². The zero-order valence-electron chi connectivity index (χ0n) is 6.90. The molecule has 0 bridgehead atoms. The molecular formula is C9H11NOS. The van der Waals surface area contributed by atoms with E-state index in [-0.39, 0.29) is 0 Å². The highest BCUT2D eigenvalue weighted by molar-refractivity contribution is 7.97. The molecule has 0 aliphatic carbocycles. The second-order valence-corrected chi connectivity index (χ2v) is 3.00. The van der Waals surface area contributed by atoms with Gasteiger partial charge >= 0.3 is 0 Å². The van der Waals surface area contributed by atoms with Gasteiger partial charge in [-0.3, -0.25) is 0 Å². The van der Waals surface area contributed by atoms with Crippen LogP contribution in [0.4, 0.5) is 0 Å². The number of hydrogen-bond donors (Lipinski definition) is 1. The van der Waals surface area contributed by atoms with Gasteiger partial charge in [0.2, 0.25) is 0 Å². The smallest absolute Gasteiger partial charge is 0.115 e. The Hall–Kier alpha value is -1.05. The highest BCUT2D eigenvalue weighted by atomic mass is 32.1. The lowest BCUT2D eigenvalue weighted by Crippen LogP contribution is -1.74. The van der Waals surface area contributed by atoms with Crippen LogP contribution in [0.15, 0.2) is 40.4 Å². The van der Waals surface area contributed by atoms with Crippen LogP contribution in [0.5, 0.6) is 0 Å². The second-order valence-electron chi connectivity index (χ2n) is 2.06. The SMILES string of the molecule is CCON=C=[SH]c1ccccc1. The van der Waals surface area contributed by atoms with E-state index in [1.54, 1.807) is 0 Å². The molecule has 0 unspecified atom stereocenters. The van der Waals surface area contributed by atoms with Gasteiger partial charge in [0, 0.05) is 4.90 Å². The standard InChI is InChI=1S/C9H11NOS/c1-2-11-10-8-12-9-6-4-3-5-7-9/h3-7,12H,2H2,1H3. The van der Waals surface area contributed by atoms with E-state index in [0.29, 0.717) is 6.61 Å². The van der Waals surface area contributed by atoms with E-state index in [2.05, 4.69) is 10.3 Å². The van der Waals surface area contributed by atoms with Crippen molar-refractivity contribution in [1.82, 2.24) is 0 Å². The van der Waals surface area contributed by atoms with Crippen LogP contribution in [-0.2, 0) is 4.84 Å². The average molecular weight is 181 g/mol. The lowest BCUT2D eigenvalue weighted by Gasteiger charge is -1.87. The van der Waals surface area contributed by atoms with Gasteiger partial charge < -0.3 is 4.84 Å². The Labute approximate surface area is 75.8 Å². The molecule has 0 aliphatic rings. The molecule has 0 atom stereocenters. The Bertz CT molecular complexity index is 278. The summed E-state index contributed by atoms with van der Waals surface area (Å²) in [4.78, 5) is 5.93. The Morgan fingerprint density at radius 3 is 2.83 bits per heavy atom. The van der Waals surface area contributed by atoms with Crippen molar-refractivity contribution in [1.29, 1.82) is 0 Å². The van der Waals surface area contributed by atoms with E-state index in [1.165, 1.54) is 4.90 Å².